The molecule has 1 N–H and O–H groups in total. The van der Waals surface area contributed by atoms with Crippen LogP contribution in [-0.2, 0) is 0 Å². The van der Waals surface area contributed by atoms with Gasteiger partial charge in [0.1, 0.15) is 0 Å². The Morgan fingerprint density at radius 1 is 1.27 bits per heavy atom. The number of rotatable bonds is 5. The molecule has 1 unspecified atom stereocenters. The summed E-state index contributed by atoms with van der Waals surface area (Å²) >= 11 is 0. The lowest BCUT2D eigenvalue weighted by Gasteiger charge is -2.26. The molecule has 1 fully saturated rings. The molecule has 0 aromatic heterocycles. The Balaban J connectivity index is 2.40. The SMILES string of the molecule is C#CCCC(NCC)C1CCCCCC1. The Morgan fingerprint density at radius 3 is 2.47 bits per heavy atom. The summed E-state index contributed by atoms with van der Waals surface area (Å²) in [5, 5.41) is 3.62. The van der Waals surface area contributed by atoms with Crippen molar-refractivity contribution >= 4 is 0 Å². The van der Waals surface area contributed by atoms with Crippen LogP contribution in [0.4, 0.5) is 0 Å². The quantitative estimate of drug-likeness (QED) is 0.538. The normalized spacial score (nSPS) is 20.5. The smallest absolute Gasteiger partial charge is 0.0104 e. The van der Waals surface area contributed by atoms with E-state index in [0.717, 1.165) is 25.3 Å². The van der Waals surface area contributed by atoms with Crippen molar-refractivity contribution < 1.29 is 0 Å². The van der Waals surface area contributed by atoms with Gasteiger partial charge < -0.3 is 5.32 Å². The summed E-state index contributed by atoms with van der Waals surface area (Å²) in [6.45, 7) is 3.27. The fraction of sp³-hybridized carbons (Fsp3) is 0.857. The molecule has 0 aromatic carbocycles. The highest BCUT2D eigenvalue weighted by atomic mass is 14.9. The van der Waals surface area contributed by atoms with E-state index in [-0.39, 0.29) is 0 Å². The molecule has 1 saturated carbocycles. The molecule has 0 radical (unpaired) electrons. The van der Waals surface area contributed by atoms with Gasteiger partial charge in [-0.25, -0.2) is 0 Å². The molecule has 1 rings (SSSR count). The largest absolute Gasteiger partial charge is 0.314 e. The maximum Gasteiger partial charge on any atom is 0.0104 e. The predicted octanol–water partition coefficient (Wildman–Crippen LogP) is 3.35. The maximum absolute atomic E-state index is 5.36. The average molecular weight is 207 g/mol. The molecule has 15 heavy (non-hydrogen) atoms. The fourth-order valence-corrected chi connectivity index (χ4v) is 2.72. The molecule has 1 atom stereocenters. The molecule has 0 aromatic rings. The minimum Gasteiger partial charge on any atom is -0.314 e. The summed E-state index contributed by atoms with van der Waals surface area (Å²) in [6, 6.07) is 0.671. The summed E-state index contributed by atoms with van der Waals surface area (Å²) in [5.74, 6) is 3.65. The number of hydrogen-bond donors (Lipinski definition) is 1. The van der Waals surface area contributed by atoms with E-state index in [2.05, 4.69) is 18.2 Å². The van der Waals surface area contributed by atoms with Crippen molar-refractivity contribution in [3.05, 3.63) is 0 Å². The highest BCUT2D eigenvalue weighted by Crippen LogP contribution is 2.27. The van der Waals surface area contributed by atoms with Gasteiger partial charge in [-0.2, -0.15) is 0 Å². The highest BCUT2D eigenvalue weighted by molar-refractivity contribution is 4.88. The van der Waals surface area contributed by atoms with E-state index in [1.807, 2.05) is 0 Å². The molecule has 1 nitrogen and oxygen atoms in total. The average Bonchev–Trinajstić information content (AvgIpc) is 2.52. The van der Waals surface area contributed by atoms with Gasteiger partial charge in [-0.05, 0) is 31.7 Å². The number of hydrogen-bond acceptors (Lipinski definition) is 1. The second-order valence-corrected chi connectivity index (χ2v) is 4.66. The first-order chi connectivity index (χ1) is 7.38. The van der Waals surface area contributed by atoms with E-state index in [9.17, 15) is 0 Å². The third-order valence-electron chi connectivity index (χ3n) is 3.53. The van der Waals surface area contributed by atoms with Crippen molar-refractivity contribution in [3.63, 3.8) is 0 Å². The summed E-state index contributed by atoms with van der Waals surface area (Å²) in [4.78, 5) is 0. The molecule has 0 amide bonds. The first kappa shape index (κ1) is 12.6. The van der Waals surface area contributed by atoms with Gasteiger partial charge in [-0.1, -0.05) is 32.6 Å². The van der Waals surface area contributed by atoms with Crippen LogP contribution in [0.15, 0.2) is 0 Å². The molecule has 0 aliphatic heterocycles. The minimum atomic E-state index is 0.671. The molecule has 0 heterocycles. The van der Waals surface area contributed by atoms with Crippen LogP contribution in [-0.4, -0.2) is 12.6 Å². The van der Waals surface area contributed by atoms with Crippen LogP contribution in [0.3, 0.4) is 0 Å². The van der Waals surface area contributed by atoms with Crippen LogP contribution >= 0.6 is 0 Å². The third-order valence-corrected chi connectivity index (χ3v) is 3.53. The van der Waals surface area contributed by atoms with Crippen molar-refractivity contribution in [1.29, 1.82) is 0 Å². The molecule has 0 spiro atoms. The van der Waals surface area contributed by atoms with Crippen LogP contribution < -0.4 is 5.32 Å². The zero-order valence-electron chi connectivity index (χ0n) is 10.1. The molecule has 0 bridgehead atoms. The van der Waals surface area contributed by atoms with E-state index in [1.165, 1.54) is 38.5 Å². The second-order valence-electron chi connectivity index (χ2n) is 4.66. The highest BCUT2D eigenvalue weighted by Gasteiger charge is 2.21. The lowest BCUT2D eigenvalue weighted by molar-refractivity contribution is 0.311. The molecule has 1 aliphatic carbocycles. The molecular formula is C14H25N. The Kier molecular flexibility index (Phi) is 6.52. The zero-order chi connectivity index (χ0) is 10.9. The Morgan fingerprint density at radius 2 is 1.93 bits per heavy atom. The van der Waals surface area contributed by atoms with Gasteiger partial charge in [0.15, 0.2) is 0 Å². The summed E-state index contributed by atoms with van der Waals surface area (Å²) in [7, 11) is 0. The molecular weight excluding hydrogens is 182 g/mol. The monoisotopic (exact) mass is 207 g/mol. The van der Waals surface area contributed by atoms with Crippen molar-refractivity contribution in [1.82, 2.24) is 5.32 Å². The molecule has 86 valence electrons. The van der Waals surface area contributed by atoms with Gasteiger partial charge in [-0.3, -0.25) is 0 Å². The van der Waals surface area contributed by atoms with Crippen molar-refractivity contribution in [3.8, 4) is 12.3 Å². The van der Waals surface area contributed by atoms with Gasteiger partial charge in [0.2, 0.25) is 0 Å². The van der Waals surface area contributed by atoms with Crippen molar-refractivity contribution in [2.24, 2.45) is 5.92 Å². The van der Waals surface area contributed by atoms with Crippen LogP contribution in [0.2, 0.25) is 0 Å². The van der Waals surface area contributed by atoms with Crippen LogP contribution in [0.5, 0.6) is 0 Å². The van der Waals surface area contributed by atoms with Crippen molar-refractivity contribution in [2.75, 3.05) is 6.54 Å². The van der Waals surface area contributed by atoms with E-state index >= 15 is 0 Å². The van der Waals surface area contributed by atoms with Crippen molar-refractivity contribution in [2.45, 2.75) is 64.3 Å². The van der Waals surface area contributed by atoms with E-state index in [4.69, 9.17) is 6.42 Å². The third kappa shape index (κ3) is 4.71. The zero-order valence-corrected chi connectivity index (χ0v) is 10.1. The van der Waals surface area contributed by atoms with Crippen LogP contribution in [0, 0.1) is 18.3 Å². The predicted molar refractivity (Wildman–Crippen MR) is 66.7 cm³/mol. The Bertz CT molecular complexity index is 184. The first-order valence-corrected chi connectivity index (χ1v) is 6.55. The lowest BCUT2D eigenvalue weighted by Crippen LogP contribution is -2.36. The Labute approximate surface area is 95.0 Å². The standard InChI is InChI=1S/C14H25N/c1-3-5-12-14(15-4-2)13-10-8-6-7-9-11-13/h1,13-15H,4-12H2,2H3. The fourth-order valence-electron chi connectivity index (χ4n) is 2.72. The minimum absolute atomic E-state index is 0.671. The molecule has 1 heteroatoms. The van der Waals surface area contributed by atoms with Gasteiger partial charge in [0, 0.05) is 12.5 Å². The van der Waals surface area contributed by atoms with E-state index in [1.54, 1.807) is 0 Å². The van der Waals surface area contributed by atoms with Gasteiger partial charge in [0.05, 0.1) is 0 Å². The van der Waals surface area contributed by atoms with E-state index < -0.39 is 0 Å². The summed E-state index contributed by atoms with van der Waals surface area (Å²) < 4.78 is 0. The van der Waals surface area contributed by atoms with Crippen LogP contribution in [0.25, 0.3) is 0 Å². The second kappa shape index (κ2) is 7.77. The topological polar surface area (TPSA) is 12.0 Å². The summed E-state index contributed by atoms with van der Waals surface area (Å²) in [6.07, 6.45) is 16.0. The van der Waals surface area contributed by atoms with Gasteiger partial charge in [0.25, 0.3) is 0 Å². The number of nitrogens with one attached hydrogen (secondary N) is 1. The molecule has 1 aliphatic rings. The number of terminal acetylenes is 1. The first-order valence-electron chi connectivity index (χ1n) is 6.55. The maximum atomic E-state index is 5.36. The molecule has 0 saturated heterocycles. The van der Waals surface area contributed by atoms with Gasteiger partial charge in [-0.15, -0.1) is 12.3 Å². The van der Waals surface area contributed by atoms with Gasteiger partial charge >= 0.3 is 0 Å². The summed E-state index contributed by atoms with van der Waals surface area (Å²) in [5.41, 5.74) is 0. The van der Waals surface area contributed by atoms with Crippen LogP contribution in [0.1, 0.15) is 58.3 Å². The van der Waals surface area contributed by atoms with E-state index in [0.29, 0.717) is 6.04 Å². The Hall–Kier alpha value is -0.480. The lowest BCUT2D eigenvalue weighted by atomic mass is 9.89.